The molecule has 1 aromatic heterocycles. The normalized spacial score (nSPS) is 13.8. The summed E-state index contributed by atoms with van der Waals surface area (Å²) >= 11 is 0. The lowest BCUT2D eigenvalue weighted by Crippen LogP contribution is -2.17. The molecule has 0 saturated heterocycles. The summed E-state index contributed by atoms with van der Waals surface area (Å²) in [6.45, 7) is 9.45. The van der Waals surface area contributed by atoms with Crippen LogP contribution in [0, 0.1) is 0 Å². The molecular weight excluding hydrogens is 821 g/mol. The third-order valence-electron chi connectivity index (χ3n) is 15.2. The van der Waals surface area contributed by atoms with Gasteiger partial charge in [0.1, 0.15) is 0 Å². The Balaban J connectivity index is 0.930. The van der Waals surface area contributed by atoms with Crippen LogP contribution in [0.1, 0.15) is 49.9 Å². The molecule has 2 heteroatoms. The minimum Gasteiger partial charge on any atom is -0.310 e. The molecule has 1 heterocycles. The molecule has 0 atom stereocenters. The summed E-state index contributed by atoms with van der Waals surface area (Å²) < 4.78 is 2.45. The molecule has 10 aromatic carbocycles. The summed E-state index contributed by atoms with van der Waals surface area (Å²) in [7, 11) is 0. The van der Waals surface area contributed by atoms with Crippen LogP contribution in [-0.4, -0.2) is 4.57 Å². The molecule has 0 bridgehead atoms. The molecule has 0 amide bonds. The van der Waals surface area contributed by atoms with Gasteiger partial charge >= 0.3 is 0 Å². The Morgan fingerprint density at radius 2 is 0.779 bits per heavy atom. The second-order valence-corrected chi connectivity index (χ2v) is 19.8. The number of hydrogen-bond acceptors (Lipinski definition) is 1. The largest absolute Gasteiger partial charge is 0.310 e. The first kappa shape index (κ1) is 40.1. The zero-order valence-electron chi connectivity index (χ0n) is 38.8. The van der Waals surface area contributed by atoms with E-state index in [1.54, 1.807) is 0 Å². The van der Waals surface area contributed by atoms with Crippen LogP contribution < -0.4 is 4.90 Å². The standard InChI is InChI=1S/C66H50N2/c1-65(2)60-25-15-12-22-54(60)57-41-50(33-35-61(57)65)67(51-32-34-55-53-21-11-14-24-59(53)66(3,4)62(55)42-51)49-30-27-45(28-31-49)46-29-36-64-58(40-46)56-23-13-16-26-63(56)68(64)52-38-47(43-17-7-5-8-18-43)37-48(39-52)44-19-9-6-10-20-44/h5-42H,1-4H3. The predicted molar refractivity (Wildman–Crippen MR) is 287 cm³/mol. The smallest absolute Gasteiger partial charge is 0.0541 e. The van der Waals surface area contributed by atoms with Crippen molar-refractivity contribution in [1.82, 2.24) is 4.57 Å². The molecule has 0 saturated carbocycles. The van der Waals surface area contributed by atoms with Gasteiger partial charge in [-0.05, 0) is 151 Å². The lowest BCUT2D eigenvalue weighted by Gasteiger charge is -2.29. The Morgan fingerprint density at radius 1 is 0.294 bits per heavy atom. The van der Waals surface area contributed by atoms with Crippen molar-refractivity contribution in [2.75, 3.05) is 4.90 Å². The van der Waals surface area contributed by atoms with Gasteiger partial charge in [0.25, 0.3) is 0 Å². The highest BCUT2D eigenvalue weighted by molar-refractivity contribution is 6.10. The number of anilines is 3. The molecule has 0 spiro atoms. The molecule has 2 aliphatic rings. The highest BCUT2D eigenvalue weighted by Gasteiger charge is 2.37. The van der Waals surface area contributed by atoms with Crippen molar-refractivity contribution < 1.29 is 0 Å². The van der Waals surface area contributed by atoms with E-state index in [0.29, 0.717) is 0 Å². The first-order valence-electron chi connectivity index (χ1n) is 23.9. The average Bonchev–Trinajstić information content (AvgIpc) is 3.93. The van der Waals surface area contributed by atoms with Crippen molar-refractivity contribution in [3.63, 3.8) is 0 Å². The Bertz CT molecular complexity index is 3720. The number of nitrogens with zero attached hydrogens (tertiary/aromatic N) is 2. The highest BCUT2D eigenvalue weighted by Crippen LogP contribution is 2.53. The molecule has 324 valence electrons. The summed E-state index contributed by atoms with van der Waals surface area (Å²) in [5, 5.41) is 2.47. The van der Waals surface area contributed by atoms with Crippen molar-refractivity contribution in [2.45, 2.75) is 38.5 Å². The van der Waals surface area contributed by atoms with Gasteiger partial charge in [-0.15, -0.1) is 0 Å². The van der Waals surface area contributed by atoms with Gasteiger partial charge in [0.15, 0.2) is 0 Å². The van der Waals surface area contributed by atoms with Gasteiger partial charge in [-0.1, -0.05) is 185 Å². The lowest BCUT2D eigenvalue weighted by molar-refractivity contribution is 0.660. The molecule has 2 aliphatic carbocycles. The van der Waals surface area contributed by atoms with Gasteiger partial charge < -0.3 is 9.47 Å². The maximum Gasteiger partial charge on any atom is 0.0541 e. The summed E-state index contributed by atoms with van der Waals surface area (Å²) in [6, 6.07) is 85.6. The van der Waals surface area contributed by atoms with Crippen LogP contribution in [-0.2, 0) is 10.8 Å². The molecule has 0 radical (unpaired) electrons. The van der Waals surface area contributed by atoms with E-state index in [2.05, 4.69) is 268 Å². The zero-order valence-corrected chi connectivity index (χ0v) is 38.8. The van der Waals surface area contributed by atoms with E-state index in [1.807, 2.05) is 0 Å². The highest BCUT2D eigenvalue weighted by atomic mass is 15.1. The Labute approximate surface area is 399 Å². The van der Waals surface area contributed by atoms with Crippen LogP contribution in [0.2, 0.25) is 0 Å². The third kappa shape index (κ3) is 6.17. The van der Waals surface area contributed by atoms with Crippen LogP contribution in [0.4, 0.5) is 17.1 Å². The third-order valence-corrected chi connectivity index (χ3v) is 15.2. The Morgan fingerprint density at radius 3 is 1.47 bits per heavy atom. The van der Waals surface area contributed by atoms with E-state index in [-0.39, 0.29) is 10.8 Å². The monoisotopic (exact) mass is 870 g/mol. The van der Waals surface area contributed by atoms with E-state index >= 15 is 0 Å². The molecule has 0 unspecified atom stereocenters. The first-order chi connectivity index (χ1) is 33.2. The first-order valence-corrected chi connectivity index (χ1v) is 23.9. The van der Waals surface area contributed by atoms with Crippen LogP contribution >= 0.6 is 0 Å². The lowest BCUT2D eigenvalue weighted by atomic mass is 9.82. The molecule has 2 nitrogen and oxygen atoms in total. The SMILES string of the molecule is CC1(C)c2ccccc2-c2cc(N(c3ccc(-c4ccc5c(c4)c4ccccc4n5-c4cc(-c5ccccc5)cc(-c5ccccc5)c4)cc3)c3ccc4c(c3)C(C)(C)c3ccccc3-4)ccc21. The van der Waals surface area contributed by atoms with Crippen molar-refractivity contribution in [1.29, 1.82) is 0 Å². The van der Waals surface area contributed by atoms with E-state index < -0.39 is 0 Å². The summed E-state index contributed by atoms with van der Waals surface area (Å²) in [4.78, 5) is 2.46. The van der Waals surface area contributed by atoms with Crippen LogP contribution in [0.3, 0.4) is 0 Å². The van der Waals surface area contributed by atoms with Gasteiger partial charge in [-0.25, -0.2) is 0 Å². The van der Waals surface area contributed by atoms with Gasteiger partial charge in [0, 0.05) is 44.4 Å². The molecule has 68 heavy (non-hydrogen) atoms. The van der Waals surface area contributed by atoms with Crippen LogP contribution in [0.25, 0.3) is 83.1 Å². The van der Waals surface area contributed by atoms with Gasteiger partial charge in [-0.3, -0.25) is 0 Å². The second-order valence-electron chi connectivity index (χ2n) is 19.8. The van der Waals surface area contributed by atoms with E-state index in [0.717, 1.165) is 22.7 Å². The minimum atomic E-state index is -0.116. The van der Waals surface area contributed by atoms with E-state index in [9.17, 15) is 0 Å². The van der Waals surface area contributed by atoms with Crippen molar-refractivity contribution in [2.24, 2.45) is 0 Å². The fourth-order valence-electron chi connectivity index (χ4n) is 11.7. The van der Waals surface area contributed by atoms with Gasteiger partial charge in [0.2, 0.25) is 0 Å². The van der Waals surface area contributed by atoms with Crippen molar-refractivity contribution in [3.8, 4) is 61.3 Å². The van der Waals surface area contributed by atoms with Gasteiger partial charge in [0.05, 0.1) is 11.0 Å². The topological polar surface area (TPSA) is 8.17 Å². The Kier molecular flexibility index (Phi) is 8.95. The maximum atomic E-state index is 2.46. The van der Waals surface area contributed by atoms with Crippen LogP contribution in [0.15, 0.2) is 231 Å². The Hall–Kier alpha value is -8.20. The number of rotatable bonds is 7. The second kappa shape index (κ2) is 15.2. The van der Waals surface area contributed by atoms with E-state index in [1.165, 1.54) is 99.7 Å². The average molecular weight is 871 g/mol. The predicted octanol–water partition coefficient (Wildman–Crippen LogP) is 17.9. The molecular formula is C66H50N2. The molecule has 0 N–H and O–H groups in total. The molecule has 0 aliphatic heterocycles. The van der Waals surface area contributed by atoms with Crippen molar-refractivity contribution in [3.05, 3.63) is 253 Å². The fourth-order valence-corrected chi connectivity index (χ4v) is 11.7. The zero-order chi connectivity index (χ0) is 45.7. The quantitative estimate of drug-likeness (QED) is 0.155. The number of para-hydroxylation sites is 1. The summed E-state index contributed by atoms with van der Waals surface area (Å²) in [6.07, 6.45) is 0. The number of fused-ring (bicyclic) bond motifs is 9. The molecule has 0 fully saturated rings. The molecule has 13 rings (SSSR count). The molecule has 11 aromatic rings. The summed E-state index contributed by atoms with van der Waals surface area (Å²) in [5.41, 5.74) is 24.7. The van der Waals surface area contributed by atoms with Gasteiger partial charge in [-0.2, -0.15) is 0 Å². The number of aromatic nitrogens is 1. The number of hydrogen-bond donors (Lipinski definition) is 0. The van der Waals surface area contributed by atoms with Crippen LogP contribution in [0.5, 0.6) is 0 Å². The van der Waals surface area contributed by atoms with Crippen molar-refractivity contribution >= 4 is 38.9 Å². The number of benzene rings is 10. The van der Waals surface area contributed by atoms with E-state index in [4.69, 9.17) is 0 Å². The minimum absolute atomic E-state index is 0.0645. The summed E-state index contributed by atoms with van der Waals surface area (Å²) in [5.74, 6) is 0. The fraction of sp³-hybridized carbons (Fsp3) is 0.0909. The maximum absolute atomic E-state index is 2.46.